The van der Waals surface area contributed by atoms with Gasteiger partial charge in [-0.15, -0.1) is 0 Å². The third-order valence-electron chi connectivity index (χ3n) is 6.53. The number of nitrogens with one attached hydrogen (secondary N) is 1. The fraction of sp³-hybridized carbons (Fsp3) is 0.500. The van der Waals surface area contributed by atoms with Gasteiger partial charge in [-0.25, -0.2) is 0 Å². The second-order valence-electron chi connectivity index (χ2n) is 9.15. The lowest BCUT2D eigenvalue weighted by molar-refractivity contribution is -0.122. The van der Waals surface area contributed by atoms with Crippen LogP contribution in [0.5, 0.6) is 23.0 Å². The Bertz CT molecular complexity index is 1040. The first-order valence-electron chi connectivity index (χ1n) is 12.1. The van der Waals surface area contributed by atoms with Crippen molar-refractivity contribution in [3.63, 3.8) is 0 Å². The van der Waals surface area contributed by atoms with Crippen molar-refractivity contribution in [1.29, 1.82) is 0 Å². The van der Waals surface area contributed by atoms with E-state index in [0.29, 0.717) is 26.5 Å². The number of piperazine rings is 1. The van der Waals surface area contributed by atoms with E-state index >= 15 is 0 Å². The molecule has 1 atom stereocenters. The van der Waals surface area contributed by atoms with Gasteiger partial charge >= 0.3 is 0 Å². The molecule has 0 saturated carbocycles. The third kappa shape index (κ3) is 5.23. The summed E-state index contributed by atoms with van der Waals surface area (Å²) in [6, 6.07) is 10.2. The summed E-state index contributed by atoms with van der Waals surface area (Å²) < 4.78 is 22.6. The molecule has 8 heteroatoms. The maximum Gasteiger partial charge on any atom is 0.234 e. The van der Waals surface area contributed by atoms with Crippen LogP contribution in [-0.2, 0) is 24.3 Å². The van der Waals surface area contributed by atoms with Crippen LogP contribution in [-0.4, -0.2) is 67.9 Å². The Hall–Kier alpha value is -2.97. The summed E-state index contributed by atoms with van der Waals surface area (Å²) >= 11 is 0. The van der Waals surface area contributed by atoms with Crippen LogP contribution in [0.4, 0.5) is 0 Å². The molecular weight excluding hydrogens is 434 g/mol. The van der Waals surface area contributed by atoms with Crippen molar-refractivity contribution < 1.29 is 23.7 Å². The lowest BCUT2D eigenvalue weighted by Gasteiger charge is -2.34. The van der Waals surface area contributed by atoms with Crippen LogP contribution in [0.1, 0.15) is 30.5 Å². The first kappa shape index (κ1) is 22.8. The van der Waals surface area contributed by atoms with E-state index in [2.05, 4.69) is 40.2 Å². The zero-order valence-electron chi connectivity index (χ0n) is 20.0. The normalized spacial score (nSPS) is 19.5. The molecule has 2 aromatic rings. The van der Waals surface area contributed by atoms with E-state index in [1.165, 1.54) is 11.1 Å². The molecule has 1 unspecified atom stereocenters. The summed E-state index contributed by atoms with van der Waals surface area (Å²) in [7, 11) is 0. The fourth-order valence-electron chi connectivity index (χ4n) is 4.77. The van der Waals surface area contributed by atoms with Crippen molar-refractivity contribution in [3.8, 4) is 23.0 Å². The Labute approximate surface area is 200 Å². The largest absolute Gasteiger partial charge is 0.494 e. The zero-order chi connectivity index (χ0) is 23.5. The zero-order valence-corrected chi connectivity index (χ0v) is 20.0. The van der Waals surface area contributed by atoms with E-state index in [9.17, 15) is 4.79 Å². The van der Waals surface area contributed by atoms with Gasteiger partial charge < -0.3 is 24.3 Å². The summed E-state index contributed by atoms with van der Waals surface area (Å²) in [6.07, 6.45) is 1.07. The van der Waals surface area contributed by atoms with E-state index in [1.807, 2.05) is 19.1 Å². The Morgan fingerprint density at radius 2 is 1.85 bits per heavy atom. The highest BCUT2D eigenvalue weighted by Crippen LogP contribution is 2.35. The molecule has 3 aliphatic rings. The molecule has 0 spiro atoms. The molecule has 182 valence electrons. The minimum atomic E-state index is 0.0291. The molecule has 0 aromatic heterocycles. The van der Waals surface area contributed by atoms with Crippen LogP contribution in [0.2, 0.25) is 0 Å². The van der Waals surface area contributed by atoms with E-state index in [0.717, 1.165) is 67.7 Å². The van der Waals surface area contributed by atoms with Gasteiger partial charge in [-0.3, -0.25) is 14.6 Å². The van der Waals surface area contributed by atoms with Crippen LogP contribution in [0.15, 0.2) is 30.3 Å². The predicted molar refractivity (Wildman–Crippen MR) is 128 cm³/mol. The molecule has 1 N–H and O–H groups in total. The molecule has 0 aliphatic carbocycles. The molecule has 2 aromatic carbocycles. The van der Waals surface area contributed by atoms with Crippen molar-refractivity contribution in [2.24, 2.45) is 0 Å². The minimum absolute atomic E-state index is 0.0291. The van der Waals surface area contributed by atoms with Crippen LogP contribution >= 0.6 is 0 Å². The highest BCUT2D eigenvalue weighted by molar-refractivity contribution is 5.78. The molecule has 3 heterocycles. The van der Waals surface area contributed by atoms with Crippen LogP contribution in [0, 0.1) is 0 Å². The third-order valence-corrected chi connectivity index (χ3v) is 6.53. The number of benzene rings is 2. The van der Waals surface area contributed by atoms with Crippen LogP contribution < -0.4 is 24.3 Å². The van der Waals surface area contributed by atoms with Crippen LogP contribution in [0.3, 0.4) is 0 Å². The number of amides is 1. The van der Waals surface area contributed by atoms with Crippen molar-refractivity contribution in [1.82, 2.24) is 15.1 Å². The average molecular weight is 468 g/mol. The van der Waals surface area contributed by atoms with Gasteiger partial charge in [0.25, 0.3) is 0 Å². The van der Waals surface area contributed by atoms with Gasteiger partial charge in [0.05, 0.1) is 13.2 Å². The molecule has 1 fully saturated rings. The number of rotatable bonds is 8. The molecule has 0 bridgehead atoms. The van der Waals surface area contributed by atoms with Crippen LogP contribution in [0.25, 0.3) is 0 Å². The van der Waals surface area contributed by atoms with Gasteiger partial charge in [-0.05, 0) is 43.7 Å². The smallest absolute Gasteiger partial charge is 0.234 e. The highest BCUT2D eigenvalue weighted by Gasteiger charge is 2.23. The Morgan fingerprint density at radius 3 is 2.68 bits per heavy atom. The van der Waals surface area contributed by atoms with Gasteiger partial charge in [0.1, 0.15) is 17.6 Å². The number of fused-ring (bicyclic) bond motifs is 2. The van der Waals surface area contributed by atoms with E-state index < -0.39 is 0 Å². The van der Waals surface area contributed by atoms with E-state index in [-0.39, 0.29) is 12.0 Å². The first-order valence-corrected chi connectivity index (χ1v) is 12.1. The average Bonchev–Trinajstić information content (AvgIpc) is 3.43. The lowest BCUT2D eigenvalue weighted by Crippen LogP contribution is -2.49. The Balaban J connectivity index is 1.09. The summed E-state index contributed by atoms with van der Waals surface area (Å²) in [5, 5.41) is 3.07. The Kier molecular flexibility index (Phi) is 6.78. The maximum absolute atomic E-state index is 12.7. The minimum Gasteiger partial charge on any atom is -0.494 e. The fourth-order valence-corrected chi connectivity index (χ4v) is 4.77. The molecule has 5 rings (SSSR count). The van der Waals surface area contributed by atoms with Crippen molar-refractivity contribution >= 4 is 5.91 Å². The van der Waals surface area contributed by atoms with Crippen molar-refractivity contribution in [3.05, 3.63) is 47.0 Å². The molecule has 1 saturated heterocycles. The summed E-state index contributed by atoms with van der Waals surface area (Å²) in [5.74, 6) is 3.40. The topological polar surface area (TPSA) is 72.5 Å². The first-order chi connectivity index (χ1) is 16.6. The van der Waals surface area contributed by atoms with Gasteiger partial charge in [-0.2, -0.15) is 0 Å². The summed E-state index contributed by atoms with van der Waals surface area (Å²) in [4.78, 5) is 17.3. The number of ether oxygens (including phenoxy) is 4. The van der Waals surface area contributed by atoms with Gasteiger partial charge in [0.15, 0.2) is 11.5 Å². The van der Waals surface area contributed by atoms with E-state index in [1.54, 1.807) is 0 Å². The highest BCUT2D eigenvalue weighted by atomic mass is 16.7. The standard InChI is InChI=1S/C26H33N3O5/c1-3-31-23-12-20-10-18(2)34-24(20)13-21(23)14-27-26(30)16-29-8-6-28(7-9-29)15-19-4-5-22-25(11-19)33-17-32-22/h4-5,11-13,18H,3,6-10,14-17H2,1-2H3,(H,27,30). The monoisotopic (exact) mass is 467 g/mol. The molecule has 0 radical (unpaired) electrons. The second-order valence-corrected chi connectivity index (χ2v) is 9.15. The van der Waals surface area contributed by atoms with E-state index in [4.69, 9.17) is 18.9 Å². The molecule has 34 heavy (non-hydrogen) atoms. The molecular formula is C26H33N3O5. The number of carbonyl (C=O) groups excluding carboxylic acids is 1. The van der Waals surface area contributed by atoms with Gasteiger partial charge in [-0.1, -0.05) is 6.07 Å². The lowest BCUT2D eigenvalue weighted by atomic mass is 10.1. The number of hydrogen-bond acceptors (Lipinski definition) is 7. The van der Waals surface area contributed by atoms with Crippen molar-refractivity contribution in [2.45, 2.75) is 39.5 Å². The predicted octanol–water partition coefficient (Wildman–Crippen LogP) is 2.57. The molecule has 1 amide bonds. The SMILES string of the molecule is CCOc1cc2c(cc1CNC(=O)CN1CCN(Cc3ccc4c(c3)OCO4)CC1)OC(C)C2. The number of nitrogens with zero attached hydrogens (tertiary/aromatic N) is 2. The number of hydrogen-bond donors (Lipinski definition) is 1. The maximum atomic E-state index is 12.7. The quantitative estimate of drug-likeness (QED) is 0.640. The molecule has 3 aliphatic heterocycles. The second kappa shape index (κ2) is 10.1. The van der Waals surface area contributed by atoms with Gasteiger partial charge in [0, 0.05) is 56.8 Å². The van der Waals surface area contributed by atoms with Crippen molar-refractivity contribution in [2.75, 3.05) is 46.1 Å². The molecule has 8 nitrogen and oxygen atoms in total. The Morgan fingerprint density at radius 1 is 1.06 bits per heavy atom. The summed E-state index contributed by atoms with van der Waals surface area (Å²) in [6.45, 7) is 10.2. The summed E-state index contributed by atoms with van der Waals surface area (Å²) in [5.41, 5.74) is 3.34. The number of carbonyl (C=O) groups is 1. The van der Waals surface area contributed by atoms with Gasteiger partial charge in [0.2, 0.25) is 12.7 Å².